The zero-order chi connectivity index (χ0) is 16.3. The van der Waals surface area contributed by atoms with Crippen molar-refractivity contribution in [1.82, 2.24) is 9.71 Å². The van der Waals surface area contributed by atoms with Crippen LogP contribution in [0.15, 0.2) is 47.5 Å². The fraction of sp³-hybridized carbons (Fsp3) is 0.143. The van der Waals surface area contributed by atoms with E-state index in [0.717, 1.165) is 6.07 Å². The molecule has 1 aromatic carbocycles. The Balaban J connectivity index is 2.31. The lowest BCUT2D eigenvalue weighted by Crippen LogP contribution is -2.27. The molecular formula is C14H13ClN2O4S. The third-order valence-corrected chi connectivity index (χ3v) is 4.81. The van der Waals surface area contributed by atoms with Gasteiger partial charge < -0.3 is 5.11 Å². The lowest BCUT2D eigenvalue weighted by Gasteiger charge is -2.14. The summed E-state index contributed by atoms with van der Waals surface area (Å²) in [5, 5.41) is 8.98. The van der Waals surface area contributed by atoms with E-state index in [0.29, 0.717) is 5.69 Å². The third-order valence-electron chi connectivity index (χ3n) is 2.94. The minimum absolute atomic E-state index is 0.0239. The van der Waals surface area contributed by atoms with Crippen molar-refractivity contribution >= 4 is 27.6 Å². The van der Waals surface area contributed by atoms with E-state index < -0.39 is 22.0 Å². The predicted molar refractivity (Wildman–Crippen MR) is 81.4 cm³/mol. The van der Waals surface area contributed by atoms with Crippen molar-refractivity contribution in [2.45, 2.75) is 17.9 Å². The van der Waals surface area contributed by atoms with Gasteiger partial charge in [-0.2, -0.15) is 0 Å². The monoisotopic (exact) mass is 340 g/mol. The van der Waals surface area contributed by atoms with Gasteiger partial charge in [-0.1, -0.05) is 17.7 Å². The van der Waals surface area contributed by atoms with Crippen molar-refractivity contribution in [3.8, 4) is 0 Å². The Bertz CT molecular complexity index is 794. The summed E-state index contributed by atoms with van der Waals surface area (Å²) in [6.07, 6.45) is 1.56. The van der Waals surface area contributed by atoms with Gasteiger partial charge in [-0.25, -0.2) is 17.9 Å². The van der Waals surface area contributed by atoms with E-state index in [4.69, 9.17) is 16.7 Å². The number of rotatable bonds is 5. The first-order valence-corrected chi connectivity index (χ1v) is 8.13. The van der Waals surface area contributed by atoms with Gasteiger partial charge in [0.2, 0.25) is 10.0 Å². The Hall–Kier alpha value is -1.96. The van der Waals surface area contributed by atoms with Crippen molar-refractivity contribution in [2.24, 2.45) is 0 Å². The summed E-state index contributed by atoms with van der Waals surface area (Å²) >= 11 is 5.74. The van der Waals surface area contributed by atoms with Crippen LogP contribution in [0.5, 0.6) is 0 Å². The molecule has 2 N–H and O–H groups in total. The van der Waals surface area contributed by atoms with Crippen molar-refractivity contribution in [2.75, 3.05) is 0 Å². The van der Waals surface area contributed by atoms with E-state index >= 15 is 0 Å². The van der Waals surface area contributed by atoms with E-state index in [-0.39, 0.29) is 15.5 Å². The van der Waals surface area contributed by atoms with Crippen LogP contribution >= 0.6 is 11.6 Å². The highest BCUT2D eigenvalue weighted by Gasteiger charge is 2.21. The molecule has 2 aromatic rings. The van der Waals surface area contributed by atoms with E-state index in [1.165, 1.54) is 12.1 Å². The van der Waals surface area contributed by atoms with Crippen LogP contribution in [0.3, 0.4) is 0 Å². The van der Waals surface area contributed by atoms with Crippen LogP contribution in [0, 0.1) is 0 Å². The highest BCUT2D eigenvalue weighted by molar-refractivity contribution is 7.89. The number of hydrogen-bond donors (Lipinski definition) is 2. The molecule has 1 aromatic heterocycles. The average molecular weight is 341 g/mol. The van der Waals surface area contributed by atoms with Gasteiger partial charge in [0.05, 0.1) is 27.2 Å². The first-order chi connectivity index (χ1) is 10.3. The van der Waals surface area contributed by atoms with Gasteiger partial charge in [-0.05, 0) is 37.3 Å². The van der Waals surface area contributed by atoms with Gasteiger partial charge >= 0.3 is 5.97 Å². The molecule has 0 radical (unpaired) electrons. The predicted octanol–water partition coefficient (Wildman–Crippen LogP) is 2.47. The quantitative estimate of drug-likeness (QED) is 0.871. The molecule has 0 bridgehead atoms. The Morgan fingerprint density at radius 1 is 1.32 bits per heavy atom. The molecule has 116 valence electrons. The van der Waals surface area contributed by atoms with Crippen molar-refractivity contribution in [1.29, 1.82) is 0 Å². The number of nitrogens with one attached hydrogen (secondary N) is 1. The number of hydrogen-bond acceptors (Lipinski definition) is 4. The number of pyridine rings is 1. The number of nitrogens with zero attached hydrogens (tertiary/aromatic N) is 1. The van der Waals surface area contributed by atoms with E-state index in [9.17, 15) is 13.2 Å². The number of sulfonamides is 1. The Labute approximate surface area is 132 Å². The fourth-order valence-electron chi connectivity index (χ4n) is 1.83. The molecule has 0 fully saturated rings. The summed E-state index contributed by atoms with van der Waals surface area (Å²) in [4.78, 5) is 14.9. The van der Waals surface area contributed by atoms with E-state index in [1.807, 2.05) is 0 Å². The second kappa shape index (κ2) is 6.43. The minimum Gasteiger partial charge on any atom is -0.478 e. The zero-order valence-electron chi connectivity index (χ0n) is 11.5. The maximum Gasteiger partial charge on any atom is 0.337 e. The molecule has 6 nitrogen and oxygen atoms in total. The largest absolute Gasteiger partial charge is 0.478 e. The van der Waals surface area contributed by atoms with Crippen molar-refractivity contribution < 1.29 is 18.3 Å². The maximum atomic E-state index is 12.3. The summed E-state index contributed by atoms with van der Waals surface area (Å²) in [5.74, 6) is -1.29. The molecule has 2 rings (SSSR count). The van der Waals surface area contributed by atoms with Crippen LogP contribution in [0.4, 0.5) is 0 Å². The molecule has 0 aliphatic rings. The van der Waals surface area contributed by atoms with Crippen LogP contribution in [-0.4, -0.2) is 24.5 Å². The average Bonchev–Trinajstić information content (AvgIpc) is 2.47. The molecule has 22 heavy (non-hydrogen) atoms. The van der Waals surface area contributed by atoms with Gasteiger partial charge in [-0.3, -0.25) is 4.98 Å². The lowest BCUT2D eigenvalue weighted by molar-refractivity contribution is 0.0697. The lowest BCUT2D eigenvalue weighted by atomic mass is 10.2. The molecule has 0 unspecified atom stereocenters. The SMILES string of the molecule is C[C@H](NS(=O)(=O)c1ccc(Cl)c(C(=O)O)c1)c1ccccn1. The molecule has 0 aliphatic carbocycles. The topological polar surface area (TPSA) is 96.4 Å². The number of carboxylic acids is 1. The van der Waals surface area contributed by atoms with Gasteiger partial charge in [0.25, 0.3) is 0 Å². The van der Waals surface area contributed by atoms with Gasteiger partial charge in [0, 0.05) is 6.20 Å². The molecule has 8 heteroatoms. The molecule has 1 heterocycles. The minimum atomic E-state index is -3.89. The van der Waals surface area contributed by atoms with Crippen LogP contribution in [0.25, 0.3) is 0 Å². The van der Waals surface area contributed by atoms with Gasteiger partial charge in [0.1, 0.15) is 0 Å². The molecule has 0 aliphatic heterocycles. The number of carboxylic acid groups (broad SMARTS) is 1. The number of aromatic carboxylic acids is 1. The van der Waals surface area contributed by atoms with Crippen LogP contribution in [0.2, 0.25) is 5.02 Å². The van der Waals surface area contributed by atoms with Crippen molar-refractivity contribution in [3.63, 3.8) is 0 Å². The maximum absolute atomic E-state index is 12.3. The molecule has 0 saturated heterocycles. The summed E-state index contributed by atoms with van der Waals surface area (Å²) in [7, 11) is -3.89. The van der Waals surface area contributed by atoms with Gasteiger partial charge in [-0.15, -0.1) is 0 Å². The van der Waals surface area contributed by atoms with E-state index in [1.54, 1.807) is 31.3 Å². The molecule has 1 atom stereocenters. The number of halogens is 1. The Morgan fingerprint density at radius 3 is 2.64 bits per heavy atom. The third kappa shape index (κ3) is 3.62. The van der Waals surface area contributed by atoms with Crippen molar-refractivity contribution in [3.05, 3.63) is 58.9 Å². The van der Waals surface area contributed by atoms with E-state index in [2.05, 4.69) is 9.71 Å². The van der Waals surface area contributed by atoms with Crippen LogP contribution in [-0.2, 0) is 10.0 Å². The molecule has 0 spiro atoms. The standard InChI is InChI=1S/C14H13ClN2O4S/c1-9(13-4-2-3-7-16-13)17-22(20,21)10-5-6-12(15)11(8-10)14(18)19/h2-9,17H,1H3,(H,18,19)/t9-/m0/s1. The van der Waals surface area contributed by atoms with Gasteiger partial charge in [0.15, 0.2) is 0 Å². The Morgan fingerprint density at radius 2 is 2.05 bits per heavy atom. The highest BCUT2D eigenvalue weighted by atomic mass is 35.5. The summed E-state index contributed by atoms with van der Waals surface area (Å²) in [6, 6.07) is 8.12. The highest BCUT2D eigenvalue weighted by Crippen LogP contribution is 2.22. The number of benzene rings is 1. The second-order valence-corrected chi connectivity index (χ2v) is 6.67. The summed E-state index contributed by atoms with van der Waals surface area (Å²) < 4.78 is 27.1. The second-order valence-electron chi connectivity index (χ2n) is 4.54. The first kappa shape index (κ1) is 16.4. The first-order valence-electron chi connectivity index (χ1n) is 6.27. The molecule has 0 saturated carbocycles. The Kier molecular flexibility index (Phi) is 4.80. The summed E-state index contributed by atoms with van der Waals surface area (Å²) in [5.41, 5.74) is 0.286. The molecular weight excluding hydrogens is 328 g/mol. The number of carbonyl (C=O) groups is 1. The normalized spacial score (nSPS) is 12.8. The number of aromatic nitrogens is 1. The van der Waals surface area contributed by atoms with Crippen LogP contribution in [0.1, 0.15) is 29.0 Å². The smallest absolute Gasteiger partial charge is 0.337 e. The zero-order valence-corrected chi connectivity index (χ0v) is 13.1. The summed E-state index contributed by atoms with van der Waals surface area (Å²) in [6.45, 7) is 1.65. The van der Waals surface area contributed by atoms with Crippen LogP contribution < -0.4 is 4.72 Å². The fourth-order valence-corrected chi connectivity index (χ4v) is 3.27. The molecule has 0 amide bonds.